The molecule has 0 bridgehead atoms. The van der Waals surface area contributed by atoms with Crippen molar-refractivity contribution in [1.29, 1.82) is 0 Å². The lowest BCUT2D eigenvalue weighted by molar-refractivity contribution is -0.484. The maximum atomic E-state index is 13.5. The summed E-state index contributed by atoms with van der Waals surface area (Å²) in [6.07, 6.45) is -1.31. The molecule has 1 aliphatic rings. The van der Waals surface area contributed by atoms with Gasteiger partial charge in [-0.15, -0.1) is 0 Å². The lowest BCUT2D eigenvalue weighted by Gasteiger charge is -2.39. The van der Waals surface area contributed by atoms with Crippen LogP contribution in [-0.4, -0.2) is 46.4 Å². The highest BCUT2D eigenvalue weighted by Crippen LogP contribution is 2.50. The van der Waals surface area contributed by atoms with Crippen molar-refractivity contribution < 1.29 is 28.8 Å². The first kappa shape index (κ1) is 23.4. The number of aromatic amines is 1. The number of ketones is 1. The minimum absolute atomic E-state index is 0.208. The molecular weight excluding hydrogens is 416 g/mol. The molecule has 1 heterocycles. The van der Waals surface area contributed by atoms with Gasteiger partial charge in [-0.1, -0.05) is 18.2 Å². The van der Waals surface area contributed by atoms with E-state index in [-0.39, 0.29) is 17.9 Å². The van der Waals surface area contributed by atoms with Crippen LogP contribution in [0.2, 0.25) is 0 Å². The highest BCUT2D eigenvalue weighted by atomic mass is 16.6. The molecule has 3 rings (SSSR count). The number of esters is 2. The van der Waals surface area contributed by atoms with Gasteiger partial charge in [-0.25, -0.2) is 0 Å². The number of para-hydroxylation sites is 1. The summed E-state index contributed by atoms with van der Waals surface area (Å²) in [7, 11) is 0. The number of ether oxygens (including phenoxy) is 2. The van der Waals surface area contributed by atoms with Gasteiger partial charge >= 0.3 is 11.9 Å². The van der Waals surface area contributed by atoms with E-state index in [0.717, 1.165) is 0 Å². The summed E-state index contributed by atoms with van der Waals surface area (Å²) in [6.45, 7) is 7.45. The van der Waals surface area contributed by atoms with Crippen molar-refractivity contribution in [1.82, 2.24) is 4.98 Å². The number of H-pyrrole nitrogens is 1. The summed E-state index contributed by atoms with van der Waals surface area (Å²) in [5, 5.41) is 12.1. The molecule has 0 radical (unpaired) electrons. The van der Waals surface area contributed by atoms with E-state index in [0.29, 0.717) is 16.5 Å². The van der Waals surface area contributed by atoms with Gasteiger partial charge in [0.15, 0.2) is 0 Å². The highest BCUT2D eigenvalue weighted by Gasteiger charge is 2.60. The SMILES string of the molecule is CC(=O)[C@@H]1CC(C(=O)OC(C)C)(C(=O)OC(C)C)c2[nH]c3ccccc3c2[C@H]1C[N+](=O)[O-]. The van der Waals surface area contributed by atoms with Crippen molar-refractivity contribution >= 4 is 28.6 Å². The molecule has 0 saturated heterocycles. The van der Waals surface area contributed by atoms with Crippen molar-refractivity contribution in [3.63, 3.8) is 0 Å². The molecule has 0 amide bonds. The van der Waals surface area contributed by atoms with Gasteiger partial charge in [-0.05, 0) is 52.7 Å². The van der Waals surface area contributed by atoms with Crippen LogP contribution in [0, 0.1) is 16.0 Å². The number of fused-ring (bicyclic) bond motifs is 3. The number of hydrogen-bond acceptors (Lipinski definition) is 7. The second-order valence-electron chi connectivity index (χ2n) is 8.82. The average molecular weight is 444 g/mol. The van der Waals surface area contributed by atoms with E-state index in [4.69, 9.17) is 9.47 Å². The van der Waals surface area contributed by atoms with Crippen molar-refractivity contribution in [2.24, 2.45) is 5.92 Å². The molecule has 172 valence electrons. The Morgan fingerprint density at radius 2 is 1.69 bits per heavy atom. The van der Waals surface area contributed by atoms with Crippen molar-refractivity contribution in [2.45, 2.75) is 64.6 Å². The van der Waals surface area contributed by atoms with E-state index in [9.17, 15) is 24.5 Å². The highest BCUT2D eigenvalue weighted by molar-refractivity contribution is 6.09. The Labute approximate surface area is 185 Å². The maximum absolute atomic E-state index is 13.5. The molecule has 32 heavy (non-hydrogen) atoms. The number of hydrogen-bond donors (Lipinski definition) is 1. The minimum Gasteiger partial charge on any atom is -0.462 e. The van der Waals surface area contributed by atoms with Crippen LogP contribution in [-0.2, 0) is 29.3 Å². The summed E-state index contributed by atoms with van der Waals surface area (Å²) in [6, 6.07) is 7.05. The van der Waals surface area contributed by atoms with Crippen molar-refractivity contribution in [2.75, 3.05) is 6.54 Å². The second-order valence-corrected chi connectivity index (χ2v) is 8.82. The zero-order chi connectivity index (χ0) is 23.8. The van der Waals surface area contributed by atoms with E-state index in [1.807, 2.05) is 0 Å². The quantitative estimate of drug-likeness (QED) is 0.300. The third kappa shape index (κ3) is 3.99. The first-order valence-corrected chi connectivity index (χ1v) is 10.6. The van der Waals surface area contributed by atoms with Crippen LogP contribution in [0.15, 0.2) is 24.3 Å². The molecule has 0 unspecified atom stereocenters. The number of Topliss-reactive ketones (excluding diaryl/α,β-unsaturated/α-hetero) is 1. The number of aromatic nitrogens is 1. The Morgan fingerprint density at radius 3 is 2.19 bits per heavy atom. The lowest BCUT2D eigenvalue weighted by Crippen LogP contribution is -2.53. The zero-order valence-electron chi connectivity index (χ0n) is 18.8. The molecule has 2 aromatic rings. The molecule has 1 aromatic carbocycles. The van der Waals surface area contributed by atoms with Gasteiger partial charge in [0.05, 0.1) is 18.1 Å². The Morgan fingerprint density at radius 1 is 1.12 bits per heavy atom. The zero-order valence-corrected chi connectivity index (χ0v) is 18.8. The Bertz CT molecular complexity index is 1050. The molecule has 2 atom stereocenters. The van der Waals surface area contributed by atoms with Crippen molar-refractivity contribution in [3.05, 3.63) is 45.6 Å². The predicted octanol–water partition coefficient (Wildman–Crippen LogP) is 3.28. The van der Waals surface area contributed by atoms with Gasteiger partial charge in [-0.3, -0.25) is 24.5 Å². The minimum atomic E-state index is -1.94. The molecule has 1 N–H and O–H groups in total. The number of benzene rings is 1. The molecule has 1 aliphatic carbocycles. The fourth-order valence-corrected chi connectivity index (χ4v) is 4.55. The Balaban J connectivity index is 2.38. The fraction of sp³-hybridized carbons (Fsp3) is 0.522. The Hall–Kier alpha value is -3.23. The summed E-state index contributed by atoms with van der Waals surface area (Å²) < 4.78 is 11.0. The topological polar surface area (TPSA) is 129 Å². The van der Waals surface area contributed by atoms with Gasteiger partial charge in [-0.2, -0.15) is 0 Å². The monoisotopic (exact) mass is 444 g/mol. The Kier molecular flexibility index (Phi) is 6.39. The normalized spacial score (nSPS) is 19.6. The largest absolute Gasteiger partial charge is 0.462 e. The van der Waals surface area contributed by atoms with Gasteiger partial charge < -0.3 is 14.5 Å². The molecule has 1 aromatic heterocycles. The molecule has 0 fully saturated rings. The number of rotatable bonds is 7. The number of nitro groups is 1. The van der Waals surface area contributed by atoms with Gasteiger partial charge in [0, 0.05) is 27.4 Å². The van der Waals surface area contributed by atoms with Crippen LogP contribution in [0.5, 0.6) is 0 Å². The van der Waals surface area contributed by atoms with Crippen molar-refractivity contribution in [3.8, 4) is 0 Å². The number of carbonyl (C=O) groups excluding carboxylic acids is 3. The van der Waals surface area contributed by atoms with Gasteiger partial charge in [0.1, 0.15) is 5.78 Å². The van der Waals surface area contributed by atoms with Gasteiger partial charge in [0.25, 0.3) is 0 Å². The van der Waals surface area contributed by atoms with E-state index in [1.54, 1.807) is 52.0 Å². The molecular formula is C23H28N2O7. The molecule has 0 aliphatic heterocycles. The fourth-order valence-electron chi connectivity index (χ4n) is 4.55. The predicted molar refractivity (Wildman–Crippen MR) is 116 cm³/mol. The van der Waals surface area contributed by atoms with E-state index >= 15 is 0 Å². The first-order valence-electron chi connectivity index (χ1n) is 10.6. The summed E-state index contributed by atoms with van der Waals surface area (Å²) in [5.41, 5.74) is -0.703. The summed E-state index contributed by atoms with van der Waals surface area (Å²) in [4.78, 5) is 53.9. The third-order valence-electron chi connectivity index (χ3n) is 5.81. The van der Waals surface area contributed by atoms with Crippen LogP contribution in [0.25, 0.3) is 10.9 Å². The molecule has 0 saturated carbocycles. The van der Waals surface area contributed by atoms with Crippen LogP contribution >= 0.6 is 0 Å². The third-order valence-corrected chi connectivity index (χ3v) is 5.81. The van der Waals surface area contributed by atoms with Crippen LogP contribution in [0.4, 0.5) is 0 Å². The lowest BCUT2D eigenvalue weighted by atomic mass is 9.63. The van der Waals surface area contributed by atoms with Crippen LogP contribution in [0.1, 0.15) is 58.2 Å². The number of nitrogens with zero attached hydrogens (tertiary/aromatic N) is 1. The van der Waals surface area contributed by atoms with Gasteiger partial charge in [0.2, 0.25) is 12.0 Å². The summed E-state index contributed by atoms with van der Waals surface area (Å²) in [5.74, 6) is -3.76. The number of carbonyl (C=O) groups is 3. The number of nitrogens with one attached hydrogen (secondary N) is 1. The van der Waals surface area contributed by atoms with E-state index in [2.05, 4.69) is 4.98 Å². The molecule has 9 heteroatoms. The van der Waals surface area contributed by atoms with E-state index in [1.165, 1.54) is 6.92 Å². The van der Waals surface area contributed by atoms with Crippen LogP contribution in [0.3, 0.4) is 0 Å². The standard InChI is InChI=1S/C23H28N2O7/c1-12(2)31-21(27)23(22(28)32-13(3)4)10-16(14(5)26)17(11-25(29)30)19-15-8-6-7-9-18(15)24-20(19)23/h6-9,12-13,16-17,24H,10-11H2,1-5H3/t16-,17-/m0/s1. The average Bonchev–Trinajstić information content (AvgIpc) is 3.06. The summed E-state index contributed by atoms with van der Waals surface area (Å²) >= 11 is 0. The smallest absolute Gasteiger partial charge is 0.329 e. The van der Waals surface area contributed by atoms with Crippen LogP contribution < -0.4 is 0 Å². The maximum Gasteiger partial charge on any atom is 0.329 e. The first-order chi connectivity index (χ1) is 15.0. The molecule has 9 nitrogen and oxygen atoms in total. The van der Waals surface area contributed by atoms with E-state index < -0.39 is 52.9 Å². The molecule has 0 spiro atoms. The second kappa shape index (κ2) is 8.72.